The van der Waals surface area contributed by atoms with E-state index in [4.69, 9.17) is 11.6 Å². The van der Waals surface area contributed by atoms with Gasteiger partial charge in [-0.1, -0.05) is 11.6 Å². The van der Waals surface area contributed by atoms with E-state index in [2.05, 4.69) is 5.10 Å². The van der Waals surface area contributed by atoms with Crippen molar-refractivity contribution < 1.29 is 9.18 Å². The van der Waals surface area contributed by atoms with Crippen LogP contribution in [0.25, 0.3) is 0 Å². The van der Waals surface area contributed by atoms with Crippen LogP contribution in [0.4, 0.5) is 4.39 Å². The number of hydrogen-bond donors (Lipinski definition) is 0. The predicted molar refractivity (Wildman–Crippen MR) is 62.8 cm³/mol. The Balaban J connectivity index is 2.51. The Labute approximate surface area is 103 Å². The zero-order valence-electron chi connectivity index (χ0n) is 9.37. The van der Waals surface area contributed by atoms with Crippen LogP contribution in [0.5, 0.6) is 0 Å². The molecule has 0 aliphatic heterocycles. The van der Waals surface area contributed by atoms with Gasteiger partial charge >= 0.3 is 0 Å². The SMILES string of the molecule is Cc1cc(F)ccc1C(=O)c1c(Cl)cnn1C. The molecule has 0 aliphatic rings. The Bertz CT molecular complexity index is 573. The van der Waals surface area contributed by atoms with E-state index in [0.717, 1.165) is 0 Å². The molecular formula is C12H10ClFN2O. The van der Waals surface area contributed by atoms with Crippen molar-refractivity contribution in [2.75, 3.05) is 0 Å². The molecule has 5 heteroatoms. The summed E-state index contributed by atoms with van der Waals surface area (Å²) in [5, 5.41) is 4.19. The van der Waals surface area contributed by atoms with Crippen molar-refractivity contribution in [3.63, 3.8) is 0 Å². The fourth-order valence-corrected chi connectivity index (χ4v) is 1.93. The van der Waals surface area contributed by atoms with Gasteiger partial charge < -0.3 is 0 Å². The molecule has 0 N–H and O–H groups in total. The summed E-state index contributed by atoms with van der Waals surface area (Å²) in [4.78, 5) is 12.2. The third kappa shape index (κ3) is 2.08. The van der Waals surface area contributed by atoms with Gasteiger partial charge in [-0.2, -0.15) is 5.10 Å². The summed E-state index contributed by atoms with van der Waals surface area (Å²) in [6.07, 6.45) is 1.41. The van der Waals surface area contributed by atoms with E-state index < -0.39 is 0 Å². The lowest BCUT2D eigenvalue weighted by molar-refractivity contribution is 0.103. The first-order valence-electron chi connectivity index (χ1n) is 4.99. The highest BCUT2D eigenvalue weighted by atomic mass is 35.5. The molecule has 1 aromatic carbocycles. The molecule has 2 aromatic rings. The van der Waals surface area contributed by atoms with Crippen LogP contribution in [0.15, 0.2) is 24.4 Å². The molecule has 0 aliphatic carbocycles. The summed E-state index contributed by atoms with van der Waals surface area (Å²) >= 11 is 5.90. The lowest BCUT2D eigenvalue weighted by Crippen LogP contribution is -2.10. The Kier molecular flexibility index (Phi) is 2.98. The fourth-order valence-electron chi connectivity index (χ4n) is 1.68. The van der Waals surface area contributed by atoms with Crippen molar-refractivity contribution in [2.24, 2.45) is 7.05 Å². The lowest BCUT2D eigenvalue weighted by Gasteiger charge is -2.05. The molecule has 0 fully saturated rings. The summed E-state index contributed by atoms with van der Waals surface area (Å²) in [7, 11) is 1.64. The molecule has 0 atom stereocenters. The third-order valence-corrected chi connectivity index (χ3v) is 2.82. The van der Waals surface area contributed by atoms with Gasteiger partial charge in [-0.05, 0) is 30.7 Å². The van der Waals surface area contributed by atoms with E-state index in [0.29, 0.717) is 21.8 Å². The van der Waals surface area contributed by atoms with Crippen LogP contribution in [-0.2, 0) is 7.05 Å². The van der Waals surface area contributed by atoms with Crippen molar-refractivity contribution in [3.05, 3.63) is 52.1 Å². The number of hydrogen-bond acceptors (Lipinski definition) is 2. The lowest BCUT2D eigenvalue weighted by atomic mass is 10.0. The Morgan fingerprint density at radius 3 is 2.71 bits per heavy atom. The zero-order valence-corrected chi connectivity index (χ0v) is 10.1. The van der Waals surface area contributed by atoms with Gasteiger partial charge in [0.05, 0.1) is 11.2 Å². The minimum Gasteiger partial charge on any atom is -0.287 e. The van der Waals surface area contributed by atoms with Gasteiger partial charge in [-0.15, -0.1) is 0 Å². The first-order chi connectivity index (χ1) is 8.00. The van der Waals surface area contributed by atoms with Gasteiger partial charge in [-0.25, -0.2) is 4.39 Å². The molecule has 0 amide bonds. The van der Waals surface area contributed by atoms with Crippen LogP contribution in [0, 0.1) is 12.7 Å². The van der Waals surface area contributed by atoms with Crippen molar-refractivity contribution in [3.8, 4) is 0 Å². The largest absolute Gasteiger partial charge is 0.287 e. The van der Waals surface area contributed by atoms with E-state index in [9.17, 15) is 9.18 Å². The standard InChI is InChI=1S/C12H10ClFN2O/c1-7-5-8(14)3-4-9(7)12(17)11-10(13)6-15-16(11)2/h3-6H,1-2H3. The van der Waals surface area contributed by atoms with Gasteiger partial charge in [0.15, 0.2) is 0 Å². The Hall–Kier alpha value is -1.68. The maximum atomic E-state index is 13.0. The van der Waals surface area contributed by atoms with Crippen molar-refractivity contribution in [1.29, 1.82) is 0 Å². The first kappa shape index (κ1) is 11.8. The van der Waals surface area contributed by atoms with E-state index >= 15 is 0 Å². The molecule has 0 radical (unpaired) electrons. The first-order valence-corrected chi connectivity index (χ1v) is 5.37. The fraction of sp³-hybridized carbons (Fsp3) is 0.167. The number of ketones is 1. The van der Waals surface area contributed by atoms with Crippen LogP contribution in [0.1, 0.15) is 21.6 Å². The smallest absolute Gasteiger partial charge is 0.212 e. The molecule has 88 valence electrons. The van der Waals surface area contributed by atoms with E-state index in [1.54, 1.807) is 14.0 Å². The maximum absolute atomic E-state index is 13.0. The quantitative estimate of drug-likeness (QED) is 0.771. The highest BCUT2D eigenvalue weighted by Crippen LogP contribution is 2.20. The average molecular weight is 253 g/mol. The normalized spacial score (nSPS) is 10.6. The van der Waals surface area contributed by atoms with Gasteiger partial charge in [0, 0.05) is 12.6 Å². The molecule has 3 nitrogen and oxygen atoms in total. The second-order valence-electron chi connectivity index (χ2n) is 3.75. The number of carbonyl (C=O) groups is 1. The van der Waals surface area contributed by atoms with Crippen molar-refractivity contribution in [1.82, 2.24) is 9.78 Å². The summed E-state index contributed by atoms with van der Waals surface area (Å²) in [6, 6.07) is 4.03. The van der Waals surface area contributed by atoms with Crippen LogP contribution >= 0.6 is 11.6 Å². The number of carbonyl (C=O) groups excluding carboxylic acids is 1. The van der Waals surface area contributed by atoms with E-state index in [-0.39, 0.29) is 11.6 Å². The van der Waals surface area contributed by atoms with Crippen LogP contribution in [0.2, 0.25) is 5.02 Å². The molecule has 1 heterocycles. The molecule has 0 bridgehead atoms. The topological polar surface area (TPSA) is 34.9 Å². The van der Waals surface area contributed by atoms with E-state index in [1.165, 1.54) is 29.1 Å². The van der Waals surface area contributed by atoms with Crippen molar-refractivity contribution in [2.45, 2.75) is 6.92 Å². The number of rotatable bonds is 2. The Morgan fingerprint density at radius 1 is 1.47 bits per heavy atom. The zero-order chi connectivity index (χ0) is 12.6. The predicted octanol–water partition coefficient (Wildman–Crippen LogP) is 2.75. The summed E-state index contributed by atoms with van der Waals surface area (Å²) in [5.74, 6) is -0.623. The molecule has 0 saturated heterocycles. The maximum Gasteiger partial charge on any atom is 0.212 e. The summed E-state index contributed by atoms with van der Waals surface area (Å²) < 4.78 is 14.4. The van der Waals surface area contributed by atoms with Gasteiger partial charge in [0.1, 0.15) is 11.5 Å². The minimum absolute atomic E-state index is 0.257. The Morgan fingerprint density at radius 2 is 2.18 bits per heavy atom. The molecule has 0 saturated carbocycles. The molecule has 0 unspecified atom stereocenters. The molecule has 17 heavy (non-hydrogen) atoms. The van der Waals surface area contributed by atoms with Crippen LogP contribution < -0.4 is 0 Å². The number of aryl methyl sites for hydroxylation is 2. The monoisotopic (exact) mass is 252 g/mol. The summed E-state index contributed by atoms with van der Waals surface area (Å²) in [5.41, 5.74) is 1.31. The third-order valence-electron chi connectivity index (χ3n) is 2.54. The number of nitrogens with zero attached hydrogens (tertiary/aromatic N) is 2. The van der Waals surface area contributed by atoms with Crippen molar-refractivity contribution >= 4 is 17.4 Å². The van der Waals surface area contributed by atoms with E-state index in [1.807, 2.05) is 0 Å². The highest BCUT2D eigenvalue weighted by molar-refractivity contribution is 6.34. The second kappa shape index (κ2) is 4.30. The van der Waals surface area contributed by atoms with Gasteiger partial charge in [0.2, 0.25) is 5.78 Å². The average Bonchev–Trinajstić information content (AvgIpc) is 2.58. The number of benzene rings is 1. The number of halogens is 2. The molecule has 1 aromatic heterocycles. The number of aromatic nitrogens is 2. The molecule has 0 spiro atoms. The molecular weight excluding hydrogens is 243 g/mol. The molecule has 2 rings (SSSR count). The van der Waals surface area contributed by atoms with Gasteiger partial charge in [-0.3, -0.25) is 9.48 Å². The second-order valence-corrected chi connectivity index (χ2v) is 4.16. The highest BCUT2D eigenvalue weighted by Gasteiger charge is 2.19. The van der Waals surface area contributed by atoms with Gasteiger partial charge in [0.25, 0.3) is 0 Å². The minimum atomic E-state index is -0.366. The van der Waals surface area contributed by atoms with Crippen LogP contribution in [0.3, 0.4) is 0 Å². The van der Waals surface area contributed by atoms with Crippen LogP contribution in [-0.4, -0.2) is 15.6 Å². The summed E-state index contributed by atoms with van der Waals surface area (Å²) in [6.45, 7) is 1.68.